The smallest absolute Gasteiger partial charge is 0.0470 e. The van der Waals surface area contributed by atoms with Gasteiger partial charge in [-0.2, -0.15) is 0 Å². The Hall–Kier alpha value is 0.330. The van der Waals surface area contributed by atoms with E-state index in [1.807, 2.05) is 12.1 Å². The Morgan fingerprint density at radius 1 is 1.33 bits per heavy atom. The summed E-state index contributed by atoms with van der Waals surface area (Å²) in [5, 5.41) is 0. The zero-order valence-electron chi connectivity index (χ0n) is 6.60. The molecule has 12 heavy (non-hydrogen) atoms. The number of anilines is 1. The summed E-state index contributed by atoms with van der Waals surface area (Å²) in [6, 6.07) is 3.95. The standard InChI is InChI=1S/C8H9Br2NS/c1-2-12-8-4-5(9)7(11)3-6(8)10/h3-4H,2,11H2,1H3. The number of thioether (sulfide) groups is 1. The van der Waals surface area contributed by atoms with E-state index >= 15 is 0 Å². The van der Waals surface area contributed by atoms with Gasteiger partial charge < -0.3 is 5.73 Å². The van der Waals surface area contributed by atoms with Crippen LogP contribution in [0.4, 0.5) is 5.69 Å². The van der Waals surface area contributed by atoms with Crippen LogP contribution in [0.3, 0.4) is 0 Å². The molecule has 1 nitrogen and oxygen atoms in total. The second-order valence-electron chi connectivity index (χ2n) is 2.24. The summed E-state index contributed by atoms with van der Waals surface area (Å²) in [4.78, 5) is 1.22. The van der Waals surface area contributed by atoms with Crippen molar-refractivity contribution in [2.75, 3.05) is 11.5 Å². The molecular formula is C8H9Br2NS. The van der Waals surface area contributed by atoms with Crippen LogP contribution < -0.4 is 5.73 Å². The summed E-state index contributed by atoms with van der Waals surface area (Å²) in [5.41, 5.74) is 6.47. The van der Waals surface area contributed by atoms with Gasteiger partial charge in [-0.25, -0.2) is 0 Å². The maximum Gasteiger partial charge on any atom is 0.0470 e. The SMILES string of the molecule is CCSc1cc(Br)c(N)cc1Br. The highest BCUT2D eigenvalue weighted by Gasteiger charge is 2.03. The average Bonchev–Trinajstić information content (AvgIpc) is 2.01. The molecule has 0 aliphatic rings. The topological polar surface area (TPSA) is 26.0 Å². The van der Waals surface area contributed by atoms with E-state index in [0.29, 0.717) is 0 Å². The van der Waals surface area contributed by atoms with Crippen molar-refractivity contribution < 1.29 is 0 Å². The third-order valence-corrected chi connectivity index (χ3v) is 3.89. The molecule has 1 aromatic carbocycles. The second-order valence-corrected chi connectivity index (χ2v) is 5.25. The molecule has 0 saturated heterocycles. The van der Waals surface area contributed by atoms with E-state index in [0.717, 1.165) is 20.4 Å². The van der Waals surface area contributed by atoms with E-state index < -0.39 is 0 Å². The minimum Gasteiger partial charge on any atom is -0.398 e. The van der Waals surface area contributed by atoms with Crippen LogP contribution in [0.1, 0.15) is 6.92 Å². The highest BCUT2D eigenvalue weighted by Crippen LogP contribution is 2.33. The van der Waals surface area contributed by atoms with E-state index in [1.165, 1.54) is 4.90 Å². The van der Waals surface area contributed by atoms with Gasteiger partial charge in [-0.05, 0) is 49.7 Å². The van der Waals surface area contributed by atoms with Gasteiger partial charge in [0.1, 0.15) is 0 Å². The summed E-state index contributed by atoms with van der Waals surface area (Å²) >= 11 is 8.64. The summed E-state index contributed by atoms with van der Waals surface area (Å²) in [6.45, 7) is 2.13. The van der Waals surface area contributed by atoms with Gasteiger partial charge in [0, 0.05) is 19.5 Å². The Labute approximate surface area is 93.4 Å². The fourth-order valence-electron chi connectivity index (χ4n) is 0.810. The highest BCUT2D eigenvalue weighted by atomic mass is 79.9. The molecule has 0 heterocycles. The molecular weight excluding hydrogens is 302 g/mol. The largest absolute Gasteiger partial charge is 0.398 e. The van der Waals surface area contributed by atoms with Crippen molar-refractivity contribution in [3.63, 3.8) is 0 Å². The van der Waals surface area contributed by atoms with Gasteiger partial charge in [-0.3, -0.25) is 0 Å². The quantitative estimate of drug-likeness (QED) is 0.662. The van der Waals surface area contributed by atoms with Crippen molar-refractivity contribution >= 4 is 49.3 Å². The second kappa shape index (κ2) is 4.53. The van der Waals surface area contributed by atoms with Crippen LogP contribution in [0.25, 0.3) is 0 Å². The van der Waals surface area contributed by atoms with Crippen molar-refractivity contribution in [1.29, 1.82) is 0 Å². The number of benzene rings is 1. The van der Waals surface area contributed by atoms with Crippen molar-refractivity contribution in [3.05, 3.63) is 21.1 Å². The Balaban J connectivity index is 3.05. The van der Waals surface area contributed by atoms with Gasteiger partial charge in [0.05, 0.1) is 0 Å². The minimum atomic E-state index is 0.766. The number of halogens is 2. The molecule has 4 heteroatoms. The Morgan fingerprint density at radius 3 is 2.58 bits per heavy atom. The van der Waals surface area contributed by atoms with Gasteiger partial charge in [0.15, 0.2) is 0 Å². The van der Waals surface area contributed by atoms with E-state index in [-0.39, 0.29) is 0 Å². The fraction of sp³-hybridized carbons (Fsp3) is 0.250. The molecule has 0 saturated carbocycles. The molecule has 1 rings (SSSR count). The number of hydrogen-bond donors (Lipinski definition) is 1. The Kier molecular flexibility index (Phi) is 3.93. The van der Waals surface area contributed by atoms with Crippen LogP contribution in [0.15, 0.2) is 26.0 Å². The number of nitrogens with two attached hydrogens (primary N) is 1. The molecule has 0 radical (unpaired) electrons. The molecule has 66 valence electrons. The first-order valence-corrected chi connectivity index (χ1v) is 6.09. The van der Waals surface area contributed by atoms with Crippen LogP contribution in [0.2, 0.25) is 0 Å². The van der Waals surface area contributed by atoms with Crippen LogP contribution in [0.5, 0.6) is 0 Å². The summed E-state index contributed by atoms with van der Waals surface area (Å²) in [7, 11) is 0. The molecule has 0 bridgehead atoms. The number of nitrogen functional groups attached to an aromatic ring is 1. The van der Waals surface area contributed by atoms with E-state index in [4.69, 9.17) is 5.73 Å². The fourth-order valence-corrected chi connectivity index (χ4v) is 2.72. The minimum absolute atomic E-state index is 0.766. The normalized spacial score (nSPS) is 10.2. The van der Waals surface area contributed by atoms with Gasteiger partial charge in [0.25, 0.3) is 0 Å². The number of rotatable bonds is 2. The first-order valence-electron chi connectivity index (χ1n) is 3.52. The third-order valence-electron chi connectivity index (χ3n) is 1.35. The predicted molar refractivity (Wildman–Crippen MR) is 62.7 cm³/mol. The lowest BCUT2D eigenvalue weighted by atomic mass is 10.3. The molecule has 1 aromatic rings. The number of hydrogen-bond acceptors (Lipinski definition) is 2. The van der Waals surface area contributed by atoms with E-state index in [9.17, 15) is 0 Å². The lowest BCUT2D eigenvalue weighted by Crippen LogP contribution is -1.87. The van der Waals surface area contributed by atoms with Crippen LogP contribution >= 0.6 is 43.6 Å². The molecule has 0 aromatic heterocycles. The van der Waals surface area contributed by atoms with Crippen molar-refractivity contribution in [2.45, 2.75) is 11.8 Å². The van der Waals surface area contributed by atoms with E-state index in [2.05, 4.69) is 38.8 Å². The monoisotopic (exact) mass is 309 g/mol. The Morgan fingerprint density at radius 2 is 2.00 bits per heavy atom. The van der Waals surface area contributed by atoms with Crippen molar-refractivity contribution in [3.8, 4) is 0 Å². The van der Waals surface area contributed by atoms with Gasteiger partial charge in [0.2, 0.25) is 0 Å². The maximum atomic E-state index is 5.70. The van der Waals surface area contributed by atoms with Crippen molar-refractivity contribution in [2.24, 2.45) is 0 Å². The lowest BCUT2D eigenvalue weighted by molar-refractivity contribution is 1.37. The van der Waals surface area contributed by atoms with Crippen LogP contribution in [-0.4, -0.2) is 5.75 Å². The molecule has 0 atom stereocenters. The molecule has 0 aliphatic heterocycles. The molecule has 0 fully saturated rings. The van der Waals surface area contributed by atoms with Crippen LogP contribution in [-0.2, 0) is 0 Å². The molecule has 0 amide bonds. The average molecular weight is 311 g/mol. The lowest BCUT2D eigenvalue weighted by Gasteiger charge is -2.05. The first-order chi connectivity index (χ1) is 5.65. The van der Waals surface area contributed by atoms with E-state index in [1.54, 1.807) is 11.8 Å². The summed E-state index contributed by atoms with van der Waals surface area (Å²) < 4.78 is 2.02. The van der Waals surface area contributed by atoms with Gasteiger partial charge >= 0.3 is 0 Å². The first kappa shape index (κ1) is 10.4. The zero-order chi connectivity index (χ0) is 9.14. The van der Waals surface area contributed by atoms with Crippen LogP contribution in [0, 0.1) is 0 Å². The third kappa shape index (κ3) is 2.41. The molecule has 2 N–H and O–H groups in total. The molecule has 0 spiro atoms. The highest BCUT2D eigenvalue weighted by molar-refractivity contribution is 9.11. The van der Waals surface area contributed by atoms with Gasteiger partial charge in [-0.1, -0.05) is 6.92 Å². The van der Waals surface area contributed by atoms with Gasteiger partial charge in [-0.15, -0.1) is 11.8 Å². The van der Waals surface area contributed by atoms with Crippen molar-refractivity contribution in [1.82, 2.24) is 0 Å². The zero-order valence-corrected chi connectivity index (χ0v) is 10.6. The summed E-state index contributed by atoms with van der Waals surface area (Å²) in [5.74, 6) is 1.06. The molecule has 0 aliphatic carbocycles. The predicted octanol–water partition coefficient (Wildman–Crippen LogP) is 3.91. The summed E-state index contributed by atoms with van der Waals surface area (Å²) in [6.07, 6.45) is 0. The maximum absolute atomic E-state index is 5.70. The molecule has 0 unspecified atom stereocenters. The Bertz CT molecular complexity index is 289.